The van der Waals surface area contributed by atoms with Crippen LogP contribution in [0.1, 0.15) is 6.92 Å². The average Bonchev–Trinajstić information content (AvgIpc) is 2.84. The zero-order valence-corrected chi connectivity index (χ0v) is 15.7. The third-order valence-corrected chi connectivity index (χ3v) is 4.55. The highest BCUT2D eigenvalue weighted by Crippen LogP contribution is 2.36. The van der Waals surface area contributed by atoms with Crippen LogP contribution in [-0.4, -0.2) is 31.9 Å². The van der Waals surface area contributed by atoms with Crippen molar-refractivity contribution >= 4 is 41.0 Å². The summed E-state index contributed by atoms with van der Waals surface area (Å²) in [5, 5.41) is 0.518. The number of hydrogen-bond donors (Lipinski definition) is 0. The van der Waals surface area contributed by atoms with Crippen LogP contribution in [0.3, 0.4) is 0 Å². The fourth-order valence-electron chi connectivity index (χ4n) is 2.31. The molecule has 0 aromatic heterocycles. The van der Waals surface area contributed by atoms with Gasteiger partial charge in [0.05, 0.1) is 25.5 Å². The first kappa shape index (κ1) is 19.1. The Bertz CT molecular complexity index is 770. The van der Waals surface area contributed by atoms with Crippen molar-refractivity contribution in [2.24, 2.45) is 0 Å². The molecule has 7 heteroatoms. The first-order chi connectivity index (χ1) is 12.0. The van der Waals surface area contributed by atoms with Gasteiger partial charge in [0.25, 0.3) is 0 Å². The number of methoxy groups -OCH3 is 2. The number of allylic oxidation sites excluding steroid dienone is 2. The monoisotopic (exact) mass is 379 g/mol. The molecule has 0 aliphatic carbocycles. The van der Waals surface area contributed by atoms with Crippen molar-refractivity contribution in [3.63, 3.8) is 0 Å². The van der Waals surface area contributed by atoms with E-state index in [0.29, 0.717) is 10.7 Å². The second-order valence-electron chi connectivity index (χ2n) is 4.86. The van der Waals surface area contributed by atoms with Gasteiger partial charge < -0.3 is 14.4 Å². The molecule has 1 aromatic carbocycles. The zero-order valence-electron chi connectivity index (χ0n) is 14.1. The maximum absolute atomic E-state index is 12.5. The highest BCUT2D eigenvalue weighted by atomic mass is 35.5. The van der Waals surface area contributed by atoms with Gasteiger partial charge in [-0.25, -0.2) is 9.59 Å². The lowest BCUT2D eigenvalue weighted by Crippen LogP contribution is -2.27. The first-order valence-electron chi connectivity index (χ1n) is 7.50. The Hall–Kier alpha value is -2.18. The molecule has 0 N–H and O–H groups in total. The van der Waals surface area contributed by atoms with Gasteiger partial charge in [0, 0.05) is 16.1 Å². The van der Waals surface area contributed by atoms with Crippen molar-refractivity contribution in [1.82, 2.24) is 0 Å². The van der Waals surface area contributed by atoms with Gasteiger partial charge in [-0.3, -0.25) is 0 Å². The van der Waals surface area contributed by atoms with Gasteiger partial charge in [0.15, 0.2) is 0 Å². The lowest BCUT2D eigenvalue weighted by Gasteiger charge is -2.25. The van der Waals surface area contributed by atoms with Crippen LogP contribution in [0.4, 0.5) is 5.69 Å². The van der Waals surface area contributed by atoms with Crippen molar-refractivity contribution in [3.05, 3.63) is 58.9 Å². The number of benzene rings is 1. The molecule has 0 bridgehead atoms. The largest absolute Gasteiger partial charge is 0.465 e. The van der Waals surface area contributed by atoms with E-state index < -0.39 is 11.9 Å². The van der Waals surface area contributed by atoms with Gasteiger partial charge in [-0.05, 0) is 36.1 Å². The van der Waals surface area contributed by atoms with E-state index in [0.717, 1.165) is 10.6 Å². The normalized spacial score (nSPS) is 13.7. The van der Waals surface area contributed by atoms with Crippen LogP contribution in [-0.2, 0) is 19.1 Å². The Morgan fingerprint density at radius 1 is 1.16 bits per heavy atom. The predicted molar refractivity (Wildman–Crippen MR) is 99.7 cm³/mol. The molecule has 0 fully saturated rings. The zero-order chi connectivity index (χ0) is 18.4. The minimum absolute atomic E-state index is 0.0690. The minimum atomic E-state index is -0.649. The molecule has 1 aliphatic heterocycles. The number of hydrogen-bond acceptors (Lipinski definition) is 6. The fourth-order valence-corrected chi connectivity index (χ4v) is 3.25. The number of carbonyl (C=O) groups excluding carboxylic acids is 2. The fraction of sp³-hybridized carbons (Fsp3) is 0.222. The Labute approximate surface area is 155 Å². The summed E-state index contributed by atoms with van der Waals surface area (Å²) in [5.41, 5.74) is 0.854. The molecule has 0 atom stereocenters. The molecule has 1 aliphatic rings. The van der Waals surface area contributed by atoms with Crippen LogP contribution in [0.2, 0.25) is 5.02 Å². The van der Waals surface area contributed by atoms with E-state index in [4.69, 9.17) is 21.1 Å². The van der Waals surface area contributed by atoms with E-state index in [1.54, 1.807) is 47.1 Å². The summed E-state index contributed by atoms with van der Waals surface area (Å²) in [5.74, 6) is -0.438. The Balaban J connectivity index is 2.71. The third-order valence-electron chi connectivity index (χ3n) is 3.37. The quantitative estimate of drug-likeness (QED) is 0.570. The smallest absolute Gasteiger partial charge is 0.355 e. The summed E-state index contributed by atoms with van der Waals surface area (Å²) >= 11 is 7.77. The Morgan fingerprint density at radius 2 is 1.88 bits per heavy atom. The van der Waals surface area contributed by atoms with Crippen LogP contribution in [0.15, 0.2) is 58.8 Å². The Kier molecular flexibility index (Phi) is 6.73. The number of anilines is 1. The number of nitrogens with zero attached hydrogens (tertiary/aromatic N) is 1. The van der Waals surface area contributed by atoms with Crippen LogP contribution < -0.4 is 4.90 Å². The molecule has 0 spiro atoms. The minimum Gasteiger partial charge on any atom is -0.465 e. The number of thioether (sulfide) groups is 1. The number of halogens is 1. The highest BCUT2D eigenvalue weighted by molar-refractivity contribution is 7.99. The lowest BCUT2D eigenvalue weighted by molar-refractivity contribution is -0.139. The van der Waals surface area contributed by atoms with Gasteiger partial charge >= 0.3 is 11.9 Å². The predicted octanol–water partition coefficient (Wildman–Crippen LogP) is 3.94. The second kappa shape index (κ2) is 8.78. The Morgan fingerprint density at radius 3 is 2.52 bits per heavy atom. The summed E-state index contributed by atoms with van der Waals surface area (Å²) in [6.07, 6.45) is 6.59. The van der Waals surface area contributed by atoms with E-state index in [9.17, 15) is 9.59 Å². The summed E-state index contributed by atoms with van der Waals surface area (Å²) < 4.78 is 9.71. The van der Waals surface area contributed by atoms with Gasteiger partial charge in [-0.1, -0.05) is 24.6 Å². The van der Waals surface area contributed by atoms with Gasteiger partial charge in [0.2, 0.25) is 0 Å². The van der Waals surface area contributed by atoms with Gasteiger partial charge in [-0.2, -0.15) is 0 Å². The highest BCUT2D eigenvalue weighted by Gasteiger charge is 2.28. The number of rotatable bonds is 5. The van der Waals surface area contributed by atoms with Crippen molar-refractivity contribution < 1.29 is 19.1 Å². The molecule has 5 nitrogen and oxygen atoms in total. The average molecular weight is 380 g/mol. The summed E-state index contributed by atoms with van der Waals surface area (Å²) in [6.45, 7) is 2.03. The summed E-state index contributed by atoms with van der Waals surface area (Å²) in [4.78, 5) is 27.2. The second-order valence-corrected chi connectivity index (χ2v) is 6.60. The molecular weight excluding hydrogens is 362 g/mol. The van der Waals surface area contributed by atoms with E-state index in [-0.39, 0.29) is 11.3 Å². The molecule has 132 valence electrons. The molecule has 1 heterocycles. The number of ether oxygens (including phenoxy) is 2. The molecule has 0 unspecified atom stereocenters. The maximum Gasteiger partial charge on any atom is 0.355 e. The van der Waals surface area contributed by atoms with E-state index in [1.165, 1.54) is 20.3 Å². The van der Waals surface area contributed by atoms with E-state index in [1.807, 2.05) is 13.0 Å². The summed E-state index contributed by atoms with van der Waals surface area (Å²) in [6, 6.07) is 5.41. The molecule has 0 radical (unpaired) electrons. The summed E-state index contributed by atoms with van der Waals surface area (Å²) in [7, 11) is 2.53. The van der Waals surface area contributed by atoms with Crippen molar-refractivity contribution in [2.75, 3.05) is 24.9 Å². The molecule has 0 saturated carbocycles. The molecule has 0 amide bonds. The third kappa shape index (κ3) is 4.27. The maximum atomic E-state index is 12.5. The van der Waals surface area contributed by atoms with Gasteiger partial charge in [-0.15, -0.1) is 11.8 Å². The van der Waals surface area contributed by atoms with Gasteiger partial charge in [0.1, 0.15) is 5.70 Å². The molecular formula is C18H18ClNO4S. The van der Waals surface area contributed by atoms with Crippen molar-refractivity contribution in [2.45, 2.75) is 11.8 Å². The standard InChI is InChI=1S/C18H18ClNO4S/c1-4-25-15-9-8-12(19)11-14(15)20-10-6-5-7-13(17(21)23-2)16(20)18(22)24-3/h5-11H,4H2,1-3H3. The molecule has 0 saturated heterocycles. The number of carbonyl (C=O) groups is 2. The molecule has 2 rings (SSSR count). The van der Waals surface area contributed by atoms with E-state index in [2.05, 4.69) is 0 Å². The van der Waals surface area contributed by atoms with E-state index >= 15 is 0 Å². The van der Waals surface area contributed by atoms with Crippen molar-refractivity contribution in [3.8, 4) is 0 Å². The molecule has 25 heavy (non-hydrogen) atoms. The molecule has 1 aromatic rings. The van der Waals surface area contributed by atoms with Crippen molar-refractivity contribution in [1.29, 1.82) is 0 Å². The van der Waals surface area contributed by atoms with Crippen LogP contribution in [0, 0.1) is 0 Å². The van der Waals surface area contributed by atoms with Crippen LogP contribution >= 0.6 is 23.4 Å². The van der Waals surface area contributed by atoms with Crippen LogP contribution in [0.5, 0.6) is 0 Å². The first-order valence-corrected chi connectivity index (χ1v) is 8.87. The topological polar surface area (TPSA) is 55.8 Å². The SMILES string of the molecule is CCSc1ccc(Cl)cc1N1C=CC=CC(C(=O)OC)=C1C(=O)OC. The number of esters is 2. The lowest BCUT2D eigenvalue weighted by atomic mass is 10.1. The van der Waals surface area contributed by atoms with Crippen LogP contribution in [0.25, 0.3) is 0 Å².